The third kappa shape index (κ3) is 6.62. The molecule has 2 aliphatic heterocycles. The number of rotatable bonds is 11. The Labute approximate surface area is 181 Å². The highest BCUT2D eigenvalue weighted by Gasteiger charge is 2.23. The molecule has 0 radical (unpaired) electrons. The lowest BCUT2D eigenvalue weighted by molar-refractivity contribution is -0.132. The monoisotopic (exact) mass is 418 g/mol. The highest BCUT2D eigenvalue weighted by Crippen LogP contribution is 2.21. The van der Waals surface area contributed by atoms with Crippen molar-refractivity contribution in [2.75, 3.05) is 70.5 Å². The lowest BCUT2D eigenvalue weighted by Crippen LogP contribution is -2.44. The van der Waals surface area contributed by atoms with E-state index in [-0.39, 0.29) is 5.91 Å². The van der Waals surface area contributed by atoms with E-state index < -0.39 is 0 Å². The summed E-state index contributed by atoms with van der Waals surface area (Å²) in [5, 5.41) is 12.4. The summed E-state index contributed by atoms with van der Waals surface area (Å²) in [6, 6.07) is 2.18. The largest absolute Gasteiger partial charge is 0.378 e. The first-order chi connectivity index (χ1) is 14.7. The number of ether oxygens (including phenoxy) is 1. The van der Waals surface area contributed by atoms with Crippen LogP contribution in [0.2, 0.25) is 0 Å². The molecule has 1 aromatic rings. The van der Waals surface area contributed by atoms with E-state index in [2.05, 4.69) is 45.2 Å². The zero-order valence-electron chi connectivity index (χ0n) is 18.7. The third-order valence-electron chi connectivity index (χ3n) is 5.96. The third-order valence-corrected chi connectivity index (χ3v) is 5.96. The molecule has 0 atom stereocenters. The van der Waals surface area contributed by atoms with Gasteiger partial charge in [0.05, 0.1) is 25.5 Å². The van der Waals surface area contributed by atoms with Gasteiger partial charge in [0, 0.05) is 45.8 Å². The van der Waals surface area contributed by atoms with Crippen molar-refractivity contribution in [1.29, 1.82) is 0 Å². The van der Waals surface area contributed by atoms with Gasteiger partial charge in [-0.2, -0.15) is 5.10 Å². The van der Waals surface area contributed by atoms with Crippen molar-refractivity contribution in [2.45, 2.75) is 46.1 Å². The van der Waals surface area contributed by atoms with Crippen molar-refractivity contribution in [3.05, 3.63) is 17.3 Å². The van der Waals surface area contributed by atoms with Crippen LogP contribution in [0.4, 0.5) is 5.82 Å². The Bertz CT molecular complexity index is 665. The summed E-state index contributed by atoms with van der Waals surface area (Å²) in [6.07, 6.45) is 4.62. The minimum atomic E-state index is 0.203. The van der Waals surface area contributed by atoms with Gasteiger partial charge in [0.2, 0.25) is 5.91 Å². The predicted molar refractivity (Wildman–Crippen MR) is 119 cm³/mol. The molecule has 0 unspecified atom stereocenters. The van der Waals surface area contributed by atoms with Crippen LogP contribution in [0.15, 0.2) is 6.07 Å². The summed E-state index contributed by atoms with van der Waals surface area (Å²) < 4.78 is 5.42. The molecular formula is C22H38N6O2. The van der Waals surface area contributed by atoms with Gasteiger partial charge in [-0.15, -0.1) is 5.10 Å². The summed E-state index contributed by atoms with van der Waals surface area (Å²) >= 11 is 0. The first-order valence-corrected chi connectivity index (χ1v) is 11.6. The number of morpholine rings is 1. The molecular weight excluding hydrogens is 380 g/mol. The molecule has 1 fully saturated rings. The minimum absolute atomic E-state index is 0.203. The van der Waals surface area contributed by atoms with Gasteiger partial charge in [-0.1, -0.05) is 19.8 Å². The van der Waals surface area contributed by atoms with Crippen LogP contribution in [0.5, 0.6) is 0 Å². The Morgan fingerprint density at radius 2 is 2.00 bits per heavy atom. The van der Waals surface area contributed by atoms with Gasteiger partial charge in [-0.05, 0) is 37.9 Å². The Morgan fingerprint density at radius 1 is 1.17 bits per heavy atom. The second-order valence-corrected chi connectivity index (χ2v) is 8.17. The van der Waals surface area contributed by atoms with E-state index in [1.807, 2.05) is 4.90 Å². The van der Waals surface area contributed by atoms with Crippen molar-refractivity contribution in [3.8, 4) is 0 Å². The van der Waals surface area contributed by atoms with Crippen LogP contribution in [0.1, 0.15) is 44.4 Å². The van der Waals surface area contributed by atoms with Crippen LogP contribution < -0.4 is 10.2 Å². The molecule has 1 N–H and O–H groups in total. The molecule has 3 rings (SSSR count). The molecule has 0 bridgehead atoms. The van der Waals surface area contributed by atoms with E-state index in [9.17, 15) is 4.79 Å². The number of likely N-dealkylation sites (N-methyl/N-ethyl adjacent to an activating group) is 1. The maximum atomic E-state index is 12.8. The van der Waals surface area contributed by atoms with E-state index in [1.54, 1.807) is 0 Å². The van der Waals surface area contributed by atoms with Gasteiger partial charge in [0.1, 0.15) is 0 Å². The zero-order chi connectivity index (χ0) is 21.2. The number of hydrogen-bond acceptors (Lipinski definition) is 7. The summed E-state index contributed by atoms with van der Waals surface area (Å²) in [4.78, 5) is 19.2. The van der Waals surface area contributed by atoms with Crippen molar-refractivity contribution < 1.29 is 9.53 Å². The fourth-order valence-electron chi connectivity index (χ4n) is 4.03. The maximum Gasteiger partial charge on any atom is 0.236 e. The van der Waals surface area contributed by atoms with Gasteiger partial charge in [0.25, 0.3) is 0 Å². The Hall–Kier alpha value is -1.77. The first-order valence-electron chi connectivity index (χ1n) is 11.6. The number of hydrogen-bond donors (Lipinski definition) is 1. The van der Waals surface area contributed by atoms with Crippen LogP contribution in [-0.4, -0.2) is 91.5 Å². The molecule has 1 aromatic heterocycles. The summed E-state index contributed by atoms with van der Waals surface area (Å²) in [6.45, 7) is 13.0. The van der Waals surface area contributed by atoms with Gasteiger partial charge in [0.15, 0.2) is 5.82 Å². The molecule has 0 spiro atoms. The molecule has 0 aliphatic carbocycles. The number of carbonyl (C=O) groups is 1. The molecule has 30 heavy (non-hydrogen) atoms. The lowest BCUT2D eigenvalue weighted by Gasteiger charge is -2.31. The Kier molecular flexibility index (Phi) is 9.29. The topological polar surface area (TPSA) is 73.8 Å². The molecule has 0 aromatic carbocycles. The number of aromatic nitrogens is 2. The van der Waals surface area contributed by atoms with Gasteiger partial charge < -0.3 is 19.9 Å². The van der Waals surface area contributed by atoms with Gasteiger partial charge in [-0.3, -0.25) is 9.69 Å². The van der Waals surface area contributed by atoms with Crippen LogP contribution >= 0.6 is 0 Å². The number of nitrogens with zero attached hydrogens (tertiary/aromatic N) is 5. The molecule has 2 aliphatic rings. The lowest BCUT2D eigenvalue weighted by atomic mass is 10.1. The Morgan fingerprint density at radius 3 is 2.77 bits per heavy atom. The normalized spacial score (nSPS) is 17.1. The van der Waals surface area contributed by atoms with Crippen molar-refractivity contribution >= 4 is 11.7 Å². The number of nitrogens with one attached hydrogen (secondary N) is 1. The second kappa shape index (κ2) is 12.2. The molecule has 8 nitrogen and oxygen atoms in total. The molecule has 3 heterocycles. The molecule has 1 amide bonds. The number of fused-ring (bicyclic) bond motifs is 1. The predicted octanol–water partition coefficient (Wildman–Crippen LogP) is 1.30. The smallest absolute Gasteiger partial charge is 0.236 e. The minimum Gasteiger partial charge on any atom is -0.378 e. The first kappa shape index (κ1) is 22.9. The fraction of sp³-hybridized carbons (Fsp3) is 0.773. The summed E-state index contributed by atoms with van der Waals surface area (Å²) in [5.41, 5.74) is 2.27. The average Bonchev–Trinajstić information content (AvgIpc) is 2.79. The van der Waals surface area contributed by atoms with E-state index >= 15 is 0 Å². The Balaban J connectivity index is 1.45. The summed E-state index contributed by atoms with van der Waals surface area (Å²) in [7, 11) is 0. The molecule has 8 heteroatoms. The molecule has 1 saturated heterocycles. The van der Waals surface area contributed by atoms with Crippen LogP contribution in [-0.2, 0) is 22.5 Å². The number of carbonyl (C=O) groups excluding carboxylic acids is 1. The van der Waals surface area contributed by atoms with E-state index in [0.717, 1.165) is 77.0 Å². The molecule has 168 valence electrons. The van der Waals surface area contributed by atoms with Crippen molar-refractivity contribution in [1.82, 2.24) is 25.3 Å². The highest BCUT2D eigenvalue weighted by molar-refractivity contribution is 5.78. The van der Waals surface area contributed by atoms with Crippen LogP contribution in [0, 0.1) is 0 Å². The number of amides is 1. The second-order valence-electron chi connectivity index (χ2n) is 8.17. The average molecular weight is 419 g/mol. The number of unbranched alkanes of at least 4 members (excludes halogenated alkanes) is 2. The van der Waals surface area contributed by atoms with Crippen LogP contribution in [0.25, 0.3) is 0 Å². The zero-order valence-corrected chi connectivity index (χ0v) is 18.7. The van der Waals surface area contributed by atoms with E-state index in [4.69, 9.17) is 4.74 Å². The fourth-order valence-corrected chi connectivity index (χ4v) is 4.03. The highest BCUT2D eigenvalue weighted by atomic mass is 16.5. The summed E-state index contributed by atoms with van der Waals surface area (Å²) in [5.74, 6) is 1.15. The number of anilines is 1. The van der Waals surface area contributed by atoms with Gasteiger partial charge >= 0.3 is 0 Å². The van der Waals surface area contributed by atoms with Crippen LogP contribution in [0.3, 0.4) is 0 Å². The quantitative estimate of drug-likeness (QED) is 0.543. The molecule has 0 saturated carbocycles. The SMILES string of the molecule is CCCCCNCCN(CC)C(=O)CN1CCc2cc(N3CCOCC3)nnc2C1. The van der Waals surface area contributed by atoms with E-state index in [1.165, 1.54) is 24.8 Å². The van der Waals surface area contributed by atoms with Crippen molar-refractivity contribution in [2.24, 2.45) is 0 Å². The van der Waals surface area contributed by atoms with E-state index in [0.29, 0.717) is 13.1 Å². The maximum absolute atomic E-state index is 12.8. The van der Waals surface area contributed by atoms with Crippen molar-refractivity contribution in [3.63, 3.8) is 0 Å². The standard InChI is InChI=1S/C22H38N6O2/c1-3-5-6-8-23-9-11-27(4-2)22(29)18-26-10-7-19-16-21(25-24-20(19)17-26)28-12-14-30-15-13-28/h16,23H,3-15,17-18H2,1-2H3. The van der Waals surface area contributed by atoms with Gasteiger partial charge in [-0.25, -0.2) is 0 Å².